The first-order valence-electron chi connectivity index (χ1n) is 7.57. The summed E-state index contributed by atoms with van der Waals surface area (Å²) < 4.78 is 0. The second-order valence-electron chi connectivity index (χ2n) is 5.51. The van der Waals surface area contributed by atoms with Crippen LogP contribution in [0.3, 0.4) is 0 Å². The van der Waals surface area contributed by atoms with E-state index in [0.717, 1.165) is 22.6 Å². The van der Waals surface area contributed by atoms with Crippen molar-refractivity contribution in [3.8, 4) is 11.4 Å². The van der Waals surface area contributed by atoms with E-state index in [0.29, 0.717) is 11.4 Å². The average Bonchev–Trinajstić information content (AvgIpc) is 2.64. The highest BCUT2D eigenvalue weighted by molar-refractivity contribution is 6.11. The van der Waals surface area contributed by atoms with Gasteiger partial charge in [-0.3, -0.25) is 4.98 Å². The lowest BCUT2D eigenvalue weighted by Crippen LogP contribution is -2.10. The third-order valence-electron chi connectivity index (χ3n) is 3.68. The standard InChI is InChI=1S/C19H18N4O/c1-23(2)15-11-9-14(10-12-15)19(22-24)18-8-5-7-17(21-18)16-6-3-4-13-20-16/h3-13,24H,1-2H3. The van der Waals surface area contributed by atoms with E-state index in [2.05, 4.69) is 15.1 Å². The Hall–Kier alpha value is -3.21. The first-order valence-corrected chi connectivity index (χ1v) is 7.57. The molecule has 0 bridgehead atoms. The van der Waals surface area contributed by atoms with Gasteiger partial charge >= 0.3 is 0 Å². The van der Waals surface area contributed by atoms with E-state index < -0.39 is 0 Å². The molecule has 0 saturated carbocycles. The van der Waals surface area contributed by atoms with Gasteiger partial charge in [-0.25, -0.2) is 4.98 Å². The van der Waals surface area contributed by atoms with E-state index in [-0.39, 0.29) is 0 Å². The van der Waals surface area contributed by atoms with E-state index >= 15 is 0 Å². The molecule has 3 aromatic rings. The largest absolute Gasteiger partial charge is 0.410 e. The molecule has 0 amide bonds. The maximum Gasteiger partial charge on any atom is 0.135 e. The quantitative estimate of drug-likeness (QED) is 0.455. The van der Waals surface area contributed by atoms with E-state index in [4.69, 9.17) is 0 Å². The molecule has 0 spiro atoms. The van der Waals surface area contributed by atoms with Crippen molar-refractivity contribution in [1.82, 2.24) is 9.97 Å². The zero-order chi connectivity index (χ0) is 16.9. The third-order valence-corrected chi connectivity index (χ3v) is 3.68. The fraction of sp³-hybridized carbons (Fsp3) is 0.105. The molecule has 24 heavy (non-hydrogen) atoms. The van der Waals surface area contributed by atoms with E-state index in [1.165, 1.54) is 0 Å². The van der Waals surface area contributed by atoms with Crippen LogP contribution in [0.1, 0.15) is 11.3 Å². The Morgan fingerprint density at radius 1 is 0.917 bits per heavy atom. The van der Waals surface area contributed by atoms with Gasteiger partial charge in [-0.15, -0.1) is 0 Å². The van der Waals surface area contributed by atoms with Crippen molar-refractivity contribution in [2.75, 3.05) is 19.0 Å². The van der Waals surface area contributed by atoms with Gasteiger partial charge in [0.25, 0.3) is 0 Å². The van der Waals surface area contributed by atoms with Crippen LogP contribution < -0.4 is 4.90 Å². The van der Waals surface area contributed by atoms with Crippen LogP contribution in [0, 0.1) is 0 Å². The number of pyridine rings is 2. The summed E-state index contributed by atoms with van der Waals surface area (Å²) in [5, 5.41) is 13.0. The smallest absolute Gasteiger partial charge is 0.135 e. The van der Waals surface area contributed by atoms with Crippen LogP contribution in [0.4, 0.5) is 5.69 Å². The minimum absolute atomic E-state index is 0.429. The van der Waals surface area contributed by atoms with Crippen molar-refractivity contribution >= 4 is 11.4 Å². The second kappa shape index (κ2) is 6.91. The van der Waals surface area contributed by atoms with Crippen LogP contribution >= 0.6 is 0 Å². The molecule has 1 aromatic carbocycles. The van der Waals surface area contributed by atoms with Crippen LogP contribution in [-0.2, 0) is 0 Å². The Bertz CT molecular complexity index is 843. The lowest BCUT2D eigenvalue weighted by molar-refractivity contribution is 0.319. The van der Waals surface area contributed by atoms with Crippen LogP contribution in [0.5, 0.6) is 0 Å². The second-order valence-corrected chi connectivity index (χ2v) is 5.51. The monoisotopic (exact) mass is 318 g/mol. The first-order chi connectivity index (χ1) is 11.7. The summed E-state index contributed by atoms with van der Waals surface area (Å²) in [6.45, 7) is 0. The topological polar surface area (TPSA) is 61.6 Å². The molecule has 3 rings (SSSR count). The minimum Gasteiger partial charge on any atom is -0.410 e. The summed E-state index contributed by atoms with van der Waals surface area (Å²) in [6.07, 6.45) is 1.73. The van der Waals surface area contributed by atoms with Crippen LogP contribution in [0.15, 0.2) is 72.0 Å². The fourth-order valence-corrected chi connectivity index (χ4v) is 2.40. The minimum atomic E-state index is 0.429. The molecule has 5 nitrogen and oxygen atoms in total. The SMILES string of the molecule is CN(C)c1ccc(C(=NO)c2cccc(-c3ccccn3)n2)cc1. The number of anilines is 1. The summed E-state index contributed by atoms with van der Waals surface area (Å²) in [4.78, 5) is 10.9. The van der Waals surface area contributed by atoms with Crippen LogP contribution in [0.25, 0.3) is 11.4 Å². The van der Waals surface area contributed by atoms with Crippen molar-refractivity contribution < 1.29 is 5.21 Å². The highest BCUT2D eigenvalue weighted by Gasteiger charge is 2.11. The molecule has 0 saturated heterocycles. The van der Waals surface area contributed by atoms with Gasteiger partial charge in [0, 0.05) is 31.5 Å². The number of hydrogen-bond donors (Lipinski definition) is 1. The van der Waals surface area contributed by atoms with Gasteiger partial charge in [-0.1, -0.05) is 29.4 Å². The molecule has 2 aromatic heterocycles. The average molecular weight is 318 g/mol. The van der Waals surface area contributed by atoms with Gasteiger partial charge in [-0.05, 0) is 36.4 Å². The molecule has 120 valence electrons. The molecule has 0 aliphatic carbocycles. The summed E-state index contributed by atoms with van der Waals surface area (Å²) in [5.74, 6) is 0. The lowest BCUT2D eigenvalue weighted by atomic mass is 10.1. The van der Waals surface area contributed by atoms with Crippen LogP contribution in [0.2, 0.25) is 0 Å². The van der Waals surface area contributed by atoms with Gasteiger partial charge in [0.15, 0.2) is 0 Å². The van der Waals surface area contributed by atoms with Gasteiger partial charge in [0.1, 0.15) is 5.71 Å². The number of hydrogen-bond acceptors (Lipinski definition) is 5. The number of rotatable bonds is 4. The van der Waals surface area contributed by atoms with Crippen molar-refractivity contribution in [2.45, 2.75) is 0 Å². The predicted octanol–water partition coefficient (Wildman–Crippen LogP) is 3.44. The van der Waals surface area contributed by atoms with Gasteiger partial charge in [0.05, 0.1) is 17.1 Å². The normalized spacial score (nSPS) is 11.3. The maximum absolute atomic E-state index is 9.49. The highest BCUT2D eigenvalue weighted by Crippen LogP contribution is 2.18. The summed E-state index contributed by atoms with van der Waals surface area (Å²) in [6, 6.07) is 19.0. The first kappa shape index (κ1) is 15.7. The van der Waals surface area contributed by atoms with Gasteiger partial charge in [0.2, 0.25) is 0 Å². The molecule has 0 fully saturated rings. The van der Waals surface area contributed by atoms with Crippen molar-refractivity contribution in [3.05, 3.63) is 78.1 Å². The maximum atomic E-state index is 9.49. The molecule has 2 heterocycles. The number of benzene rings is 1. The summed E-state index contributed by atoms with van der Waals surface area (Å²) >= 11 is 0. The molecule has 1 N–H and O–H groups in total. The zero-order valence-electron chi connectivity index (χ0n) is 13.6. The molecular formula is C19H18N4O. The van der Waals surface area contributed by atoms with Crippen LogP contribution in [-0.4, -0.2) is 35.0 Å². The number of aromatic nitrogens is 2. The molecular weight excluding hydrogens is 300 g/mol. The molecule has 0 aliphatic rings. The Balaban J connectivity index is 1.97. The Morgan fingerprint density at radius 2 is 1.67 bits per heavy atom. The zero-order valence-corrected chi connectivity index (χ0v) is 13.6. The molecule has 0 atom stereocenters. The third kappa shape index (κ3) is 3.25. The summed E-state index contributed by atoms with van der Waals surface area (Å²) in [7, 11) is 3.96. The van der Waals surface area contributed by atoms with E-state index in [1.54, 1.807) is 6.20 Å². The lowest BCUT2D eigenvalue weighted by Gasteiger charge is -2.13. The molecule has 0 radical (unpaired) electrons. The Morgan fingerprint density at radius 3 is 2.29 bits per heavy atom. The predicted molar refractivity (Wildman–Crippen MR) is 95.7 cm³/mol. The number of nitrogens with zero attached hydrogens (tertiary/aromatic N) is 4. The number of oxime groups is 1. The van der Waals surface area contributed by atoms with E-state index in [9.17, 15) is 5.21 Å². The Labute approximate surface area is 140 Å². The van der Waals surface area contributed by atoms with Crippen molar-refractivity contribution in [2.24, 2.45) is 5.16 Å². The van der Waals surface area contributed by atoms with Crippen molar-refractivity contribution in [3.63, 3.8) is 0 Å². The molecule has 0 unspecified atom stereocenters. The highest BCUT2D eigenvalue weighted by atomic mass is 16.4. The van der Waals surface area contributed by atoms with Gasteiger partial charge < -0.3 is 10.1 Å². The Kier molecular flexibility index (Phi) is 4.52. The van der Waals surface area contributed by atoms with Gasteiger partial charge in [-0.2, -0.15) is 0 Å². The van der Waals surface area contributed by atoms with Crippen molar-refractivity contribution in [1.29, 1.82) is 0 Å². The molecule has 5 heteroatoms. The fourth-order valence-electron chi connectivity index (χ4n) is 2.40. The van der Waals surface area contributed by atoms with E-state index in [1.807, 2.05) is 79.7 Å². The molecule has 0 aliphatic heterocycles. The summed E-state index contributed by atoms with van der Waals surface area (Å²) in [5.41, 5.74) is 4.41.